The molecule has 0 aliphatic heterocycles. The Morgan fingerprint density at radius 3 is 2.36 bits per heavy atom. The summed E-state index contributed by atoms with van der Waals surface area (Å²) < 4.78 is 0. The zero-order valence-corrected chi connectivity index (χ0v) is 7.80. The minimum absolute atomic E-state index is 0.211. The van der Waals surface area contributed by atoms with Gasteiger partial charge in [-0.3, -0.25) is 0 Å². The Hall–Kier alpha value is 0.180. The summed E-state index contributed by atoms with van der Waals surface area (Å²) in [4.78, 5) is 0. The van der Waals surface area contributed by atoms with Crippen molar-refractivity contribution in [1.82, 2.24) is 0 Å². The fraction of sp³-hybridized carbons (Fsp3) is 0.714. The van der Waals surface area contributed by atoms with Crippen LogP contribution in [0.15, 0.2) is 0 Å². The number of terminal acetylenes is 1. The van der Waals surface area contributed by atoms with Crippen molar-refractivity contribution in [2.45, 2.75) is 23.9 Å². The van der Waals surface area contributed by atoms with Crippen molar-refractivity contribution >= 4 is 25.3 Å². The lowest BCUT2D eigenvalue weighted by Gasteiger charge is -2.19. The van der Waals surface area contributed by atoms with Gasteiger partial charge < -0.3 is 10.2 Å². The Morgan fingerprint density at radius 1 is 1.45 bits per heavy atom. The number of aliphatic hydroxyl groups is 2. The van der Waals surface area contributed by atoms with E-state index in [1.165, 1.54) is 0 Å². The summed E-state index contributed by atoms with van der Waals surface area (Å²) in [6.07, 6.45) is 3.59. The Kier molecular flexibility index (Phi) is 5.88. The van der Waals surface area contributed by atoms with E-state index in [0.717, 1.165) is 0 Å². The third kappa shape index (κ3) is 3.92. The van der Waals surface area contributed by atoms with Crippen LogP contribution >= 0.6 is 25.3 Å². The molecule has 1 unspecified atom stereocenters. The molecule has 0 saturated carbocycles. The predicted molar refractivity (Wildman–Crippen MR) is 52.1 cm³/mol. The molecule has 4 heteroatoms. The molecule has 0 aliphatic rings. The van der Waals surface area contributed by atoms with E-state index in [1.54, 1.807) is 0 Å². The topological polar surface area (TPSA) is 40.5 Å². The lowest BCUT2D eigenvalue weighted by atomic mass is 10.1. The van der Waals surface area contributed by atoms with Crippen LogP contribution in [0.1, 0.15) is 6.42 Å². The molecule has 0 aliphatic carbocycles. The van der Waals surface area contributed by atoms with Gasteiger partial charge in [0.2, 0.25) is 0 Å². The van der Waals surface area contributed by atoms with Crippen LogP contribution in [0.5, 0.6) is 0 Å². The van der Waals surface area contributed by atoms with Gasteiger partial charge in [-0.15, -0.1) is 12.3 Å². The highest BCUT2D eigenvalue weighted by Crippen LogP contribution is 2.10. The molecule has 0 bridgehead atoms. The van der Waals surface area contributed by atoms with Crippen molar-refractivity contribution in [1.29, 1.82) is 0 Å². The number of rotatable bonds is 4. The fourth-order valence-electron chi connectivity index (χ4n) is 0.606. The maximum absolute atomic E-state index is 9.25. The van der Waals surface area contributed by atoms with Crippen LogP contribution in [-0.4, -0.2) is 33.4 Å². The molecule has 0 saturated heterocycles. The molecule has 0 aromatic heterocycles. The van der Waals surface area contributed by atoms with Gasteiger partial charge in [-0.1, -0.05) is 0 Å². The first-order chi connectivity index (χ1) is 5.13. The van der Waals surface area contributed by atoms with Gasteiger partial charge in [-0.2, -0.15) is 25.3 Å². The predicted octanol–water partition coefficient (Wildman–Crippen LogP) is -0.0403. The maximum atomic E-state index is 9.25. The molecule has 64 valence electrons. The Morgan fingerprint density at radius 2 is 2.00 bits per heavy atom. The first-order valence-electron chi connectivity index (χ1n) is 3.22. The molecular weight excluding hydrogens is 180 g/mol. The highest BCUT2D eigenvalue weighted by molar-refractivity contribution is 7.81. The van der Waals surface area contributed by atoms with Crippen LogP contribution in [0.2, 0.25) is 0 Å². The van der Waals surface area contributed by atoms with Crippen LogP contribution in [0.4, 0.5) is 0 Å². The van der Waals surface area contributed by atoms with Gasteiger partial charge in [0.15, 0.2) is 0 Å². The molecule has 11 heavy (non-hydrogen) atoms. The maximum Gasteiger partial charge on any atom is 0.0932 e. The molecular formula is C7H12O2S2. The Balaban J connectivity index is 3.82. The summed E-state index contributed by atoms with van der Waals surface area (Å²) >= 11 is 7.83. The van der Waals surface area contributed by atoms with Crippen molar-refractivity contribution < 1.29 is 10.2 Å². The second-order valence-electron chi connectivity index (χ2n) is 2.22. The van der Waals surface area contributed by atoms with Gasteiger partial charge in [0, 0.05) is 17.4 Å². The molecule has 2 N–H and O–H groups in total. The van der Waals surface area contributed by atoms with Crippen molar-refractivity contribution in [2.24, 2.45) is 0 Å². The summed E-state index contributed by atoms with van der Waals surface area (Å²) in [6.45, 7) is 0. The summed E-state index contributed by atoms with van der Waals surface area (Å²) in [5.74, 6) is 2.57. The number of aliphatic hydroxyl groups excluding tert-OH is 2. The normalized spacial score (nSPS) is 18.5. The van der Waals surface area contributed by atoms with E-state index in [4.69, 9.17) is 11.5 Å². The lowest BCUT2D eigenvalue weighted by molar-refractivity contribution is 0.0345. The monoisotopic (exact) mass is 192 g/mol. The third-order valence-corrected chi connectivity index (χ3v) is 2.16. The summed E-state index contributed by atoms with van der Waals surface area (Å²) in [5.41, 5.74) is 0. The second-order valence-corrected chi connectivity index (χ2v) is 3.24. The number of thiol groups is 2. The highest BCUT2D eigenvalue weighted by atomic mass is 32.1. The van der Waals surface area contributed by atoms with E-state index in [2.05, 4.69) is 31.2 Å². The van der Waals surface area contributed by atoms with Gasteiger partial charge in [-0.25, -0.2) is 0 Å². The SMILES string of the molecule is C#CCC(S)[C@@H](O)[C@H](O)CS. The Labute approximate surface area is 77.8 Å². The molecule has 0 aromatic carbocycles. The minimum Gasteiger partial charge on any atom is -0.390 e. The zero-order valence-electron chi connectivity index (χ0n) is 6.01. The molecule has 2 nitrogen and oxygen atoms in total. The largest absolute Gasteiger partial charge is 0.390 e. The van der Waals surface area contributed by atoms with Gasteiger partial charge in [-0.05, 0) is 0 Å². The van der Waals surface area contributed by atoms with Crippen LogP contribution in [-0.2, 0) is 0 Å². The molecule has 3 atom stereocenters. The van der Waals surface area contributed by atoms with E-state index >= 15 is 0 Å². The van der Waals surface area contributed by atoms with Gasteiger partial charge in [0.05, 0.1) is 12.2 Å². The van der Waals surface area contributed by atoms with Crippen molar-refractivity contribution in [3.63, 3.8) is 0 Å². The number of hydrogen-bond acceptors (Lipinski definition) is 4. The summed E-state index contributed by atoms with van der Waals surface area (Å²) in [6, 6.07) is 0. The van der Waals surface area contributed by atoms with Gasteiger partial charge in [0.1, 0.15) is 0 Å². The quantitative estimate of drug-likeness (QED) is 0.373. The standard InChI is InChI=1S/C7H12O2S2/c1-2-3-6(11)7(9)5(8)4-10/h1,5-11H,3-4H2/t5-,6?,7+/m1/s1. The van der Waals surface area contributed by atoms with Crippen LogP contribution < -0.4 is 0 Å². The molecule has 0 radical (unpaired) electrons. The third-order valence-electron chi connectivity index (χ3n) is 1.30. The van der Waals surface area contributed by atoms with Crippen molar-refractivity contribution in [2.75, 3.05) is 5.75 Å². The minimum atomic E-state index is -0.896. The van der Waals surface area contributed by atoms with E-state index in [0.29, 0.717) is 6.42 Å². The molecule has 0 spiro atoms. The number of hydrogen-bond donors (Lipinski definition) is 4. The van der Waals surface area contributed by atoms with Gasteiger partial charge >= 0.3 is 0 Å². The molecule has 0 aromatic rings. The van der Waals surface area contributed by atoms with Crippen LogP contribution in [0.3, 0.4) is 0 Å². The van der Waals surface area contributed by atoms with E-state index in [-0.39, 0.29) is 11.0 Å². The second kappa shape index (κ2) is 5.78. The van der Waals surface area contributed by atoms with Gasteiger partial charge in [0.25, 0.3) is 0 Å². The zero-order chi connectivity index (χ0) is 8.85. The molecule has 0 fully saturated rings. The van der Waals surface area contributed by atoms with Crippen LogP contribution in [0.25, 0.3) is 0 Å². The van der Waals surface area contributed by atoms with Crippen molar-refractivity contribution in [3.05, 3.63) is 0 Å². The van der Waals surface area contributed by atoms with Crippen LogP contribution in [0, 0.1) is 12.3 Å². The molecule has 0 amide bonds. The smallest absolute Gasteiger partial charge is 0.0932 e. The fourth-order valence-corrected chi connectivity index (χ4v) is 1.13. The molecule has 0 heterocycles. The average Bonchev–Trinajstić information content (AvgIpc) is 2.02. The van der Waals surface area contributed by atoms with E-state index in [9.17, 15) is 5.11 Å². The average molecular weight is 192 g/mol. The summed E-state index contributed by atoms with van der Waals surface area (Å²) in [5, 5.41) is 18.0. The van der Waals surface area contributed by atoms with Crippen molar-refractivity contribution in [3.8, 4) is 12.3 Å². The lowest BCUT2D eigenvalue weighted by Crippen LogP contribution is -2.35. The first kappa shape index (κ1) is 11.2. The van der Waals surface area contributed by atoms with E-state index in [1.807, 2.05) is 0 Å². The summed E-state index contributed by atoms with van der Waals surface area (Å²) in [7, 11) is 0. The van der Waals surface area contributed by atoms with E-state index < -0.39 is 12.2 Å². The highest BCUT2D eigenvalue weighted by Gasteiger charge is 2.21. The first-order valence-corrected chi connectivity index (χ1v) is 4.37. The molecule has 0 rings (SSSR count). The Bertz CT molecular complexity index is 144.